The topological polar surface area (TPSA) is 100 Å². The van der Waals surface area contributed by atoms with Crippen LogP contribution < -0.4 is 20.7 Å². The Kier molecular flexibility index (Phi) is 5.22. The van der Waals surface area contributed by atoms with Crippen molar-refractivity contribution in [3.8, 4) is 11.8 Å². The maximum absolute atomic E-state index is 9.29. The van der Waals surface area contributed by atoms with Gasteiger partial charge in [0, 0.05) is 29.8 Å². The zero-order valence-corrected chi connectivity index (χ0v) is 14.6. The number of aromatic nitrogens is 2. The van der Waals surface area contributed by atoms with E-state index >= 15 is 0 Å². The van der Waals surface area contributed by atoms with Crippen LogP contribution in [0, 0.1) is 11.3 Å². The first-order valence-electron chi connectivity index (χ1n) is 8.00. The van der Waals surface area contributed by atoms with Crippen LogP contribution in [0.15, 0.2) is 24.3 Å². The van der Waals surface area contributed by atoms with E-state index in [-0.39, 0.29) is 11.9 Å². The van der Waals surface area contributed by atoms with Crippen molar-refractivity contribution in [3.63, 3.8) is 0 Å². The Morgan fingerprint density at radius 3 is 2.56 bits per heavy atom. The van der Waals surface area contributed by atoms with Crippen molar-refractivity contribution in [2.24, 2.45) is 5.73 Å². The average molecular weight is 359 g/mol. The highest BCUT2D eigenvalue weighted by atomic mass is 35.5. The van der Waals surface area contributed by atoms with Gasteiger partial charge < -0.3 is 20.7 Å². The molecule has 1 aliphatic rings. The minimum Gasteiger partial charge on any atom is -0.490 e. The first kappa shape index (κ1) is 17.3. The molecule has 3 rings (SSSR count). The van der Waals surface area contributed by atoms with E-state index in [0.29, 0.717) is 22.4 Å². The number of methoxy groups -OCH3 is 1. The van der Waals surface area contributed by atoms with E-state index in [1.165, 1.54) is 0 Å². The second-order valence-corrected chi connectivity index (χ2v) is 6.26. The Balaban J connectivity index is 1.98. The number of piperidine rings is 1. The molecule has 2 heterocycles. The molecular formula is C17H19ClN6O. The van der Waals surface area contributed by atoms with Gasteiger partial charge in [0.25, 0.3) is 0 Å². The van der Waals surface area contributed by atoms with E-state index in [4.69, 9.17) is 22.1 Å². The van der Waals surface area contributed by atoms with Crippen molar-refractivity contribution >= 4 is 28.9 Å². The summed E-state index contributed by atoms with van der Waals surface area (Å²) in [4.78, 5) is 10.7. The van der Waals surface area contributed by atoms with Crippen LogP contribution in [-0.2, 0) is 0 Å². The number of rotatable bonds is 4. The fraction of sp³-hybridized carbons (Fsp3) is 0.353. The Morgan fingerprint density at radius 1 is 1.28 bits per heavy atom. The van der Waals surface area contributed by atoms with Gasteiger partial charge in [-0.05, 0) is 37.1 Å². The monoisotopic (exact) mass is 358 g/mol. The van der Waals surface area contributed by atoms with Crippen LogP contribution in [0.4, 0.5) is 17.3 Å². The molecule has 1 aromatic carbocycles. The van der Waals surface area contributed by atoms with Crippen LogP contribution >= 0.6 is 11.6 Å². The van der Waals surface area contributed by atoms with Crippen LogP contribution in [-0.4, -0.2) is 36.2 Å². The van der Waals surface area contributed by atoms with E-state index in [1.54, 1.807) is 19.2 Å². The van der Waals surface area contributed by atoms with Crippen molar-refractivity contribution in [1.29, 1.82) is 5.26 Å². The molecule has 0 amide bonds. The molecule has 25 heavy (non-hydrogen) atoms. The number of anilines is 3. The lowest BCUT2D eigenvalue weighted by Gasteiger charge is -2.32. The van der Waals surface area contributed by atoms with E-state index < -0.39 is 0 Å². The molecule has 0 bridgehead atoms. The molecule has 0 unspecified atom stereocenters. The molecule has 1 aliphatic heterocycles. The number of nitrogens with one attached hydrogen (secondary N) is 1. The Bertz CT molecular complexity index is 781. The molecule has 2 aromatic rings. The Labute approximate surface area is 151 Å². The maximum atomic E-state index is 9.29. The minimum atomic E-state index is 0.0853. The van der Waals surface area contributed by atoms with Crippen molar-refractivity contribution < 1.29 is 4.74 Å². The summed E-state index contributed by atoms with van der Waals surface area (Å²) in [6, 6.07) is 9.42. The predicted molar refractivity (Wildman–Crippen MR) is 97.5 cm³/mol. The van der Waals surface area contributed by atoms with Crippen molar-refractivity contribution in [1.82, 2.24) is 9.97 Å². The van der Waals surface area contributed by atoms with E-state index in [1.807, 2.05) is 18.2 Å². The first-order valence-corrected chi connectivity index (χ1v) is 8.37. The van der Waals surface area contributed by atoms with Gasteiger partial charge in [-0.2, -0.15) is 15.2 Å². The number of ether oxygens (including phenoxy) is 1. The van der Waals surface area contributed by atoms with Gasteiger partial charge in [-0.25, -0.2) is 0 Å². The van der Waals surface area contributed by atoms with Crippen molar-refractivity contribution in [3.05, 3.63) is 35.1 Å². The van der Waals surface area contributed by atoms with Gasteiger partial charge in [-0.3, -0.25) is 0 Å². The molecule has 7 nitrogen and oxygen atoms in total. The summed E-state index contributed by atoms with van der Waals surface area (Å²) in [5, 5.41) is 13.1. The zero-order chi connectivity index (χ0) is 17.8. The van der Waals surface area contributed by atoms with Gasteiger partial charge >= 0.3 is 0 Å². The van der Waals surface area contributed by atoms with Gasteiger partial charge in [0.2, 0.25) is 11.6 Å². The summed E-state index contributed by atoms with van der Waals surface area (Å²) in [7, 11) is 1.57. The normalized spacial score (nSPS) is 14.9. The van der Waals surface area contributed by atoms with Gasteiger partial charge in [0.1, 0.15) is 6.07 Å². The SMILES string of the molecule is COc1c(Nc2ccc(Cl)cc2)nc(C#N)nc1N1CCC(N)CC1. The number of hydrogen-bond acceptors (Lipinski definition) is 7. The van der Waals surface area contributed by atoms with Gasteiger partial charge in [0.15, 0.2) is 11.6 Å². The molecule has 0 saturated carbocycles. The summed E-state index contributed by atoms with van der Waals surface area (Å²) < 4.78 is 5.56. The summed E-state index contributed by atoms with van der Waals surface area (Å²) >= 11 is 5.92. The fourth-order valence-electron chi connectivity index (χ4n) is 2.76. The molecule has 0 radical (unpaired) electrons. The van der Waals surface area contributed by atoms with Crippen LogP contribution in [0.5, 0.6) is 5.75 Å². The second-order valence-electron chi connectivity index (χ2n) is 5.82. The summed E-state index contributed by atoms with van der Waals surface area (Å²) in [6.07, 6.45) is 1.74. The third-order valence-corrected chi connectivity index (χ3v) is 4.35. The highest BCUT2D eigenvalue weighted by Gasteiger charge is 2.24. The predicted octanol–water partition coefficient (Wildman–Crippen LogP) is 2.68. The number of nitrogens with two attached hydrogens (primary N) is 1. The summed E-state index contributed by atoms with van der Waals surface area (Å²) in [5.74, 6) is 1.64. The Morgan fingerprint density at radius 2 is 1.96 bits per heavy atom. The molecule has 0 atom stereocenters. The van der Waals surface area contributed by atoms with Crippen LogP contribution in [0.3, 0.4) is 0 Å². The van der Waals surface area contributed by atoms with Gasteiger partial charge in [-0.15, -0.1) is 0 Å². The van der Waals surface area contributed by atoms with E-state index in [0.717, 1.165) is 31.6 Å². The van der Waals surface area contributed by atoms with Crippen molar-refractivity contribution in [2.45, 2.75) is 18.9 Å². The zero-order valence-electron chi connectivity index (χ0n) is 13.9. The summed E-state index contributed by atoms with van der Waals surface area (Å²) in [6.45, 7) is 1.53. The van der Waals surface area contributed by atoms with E-state index in [2.05, 4.69) is 20.2 Å². The maximum Gasteiger partial charge on any atom is 0.236 e. The Hall–Kier alpha value is -2.56. The molecule has 0 spiro atoms. The third kappa shape index (κ3) is 3.92. The number of nitriles is 1. The minimum absolute atomic E-state index is 0.0853. The number of halogens is 1. The van der Waals surface area contributed by atoms with Crippen LogP contribution in [0.25, 0.3) is 0 Å². The second kappa shape index (κ2) is 7.55. The van der Waals surface area contributed by atoms with Gasteiger partial charge in [-0.1, -0.05) is 11.6 Å². The average Bonchev–Trinajstić information content (AvgIpc) is 2.63. The summed E-state index contributed by atoms with van der Waals surface area (Å²) in [5.41, 5.74) is 6.77. The molecule has 8 heteroatoms. The molecule has 3 N–H and O–H groups in total. The number of nitrogens with zero attached hydrogens (tertiary/aromatic N) is 4. The van der Waals surface area contributed by atoms with E-state index in [9.17, 15) is 5.26 Å². The molecule has 1 aromatic heterocycles. The first-order chi connectivity index (χ1) is 12.1. The van der Waals surface area contributed by atoms with Crippen LogP contribution in [0.2, 0.25) is 5.02 Å². The highest BCUT2D eigenvalue weighted by Crippen LogP contribution is 2.35. The molecule has 1 fully saturated rings. The number of hydrogen-bond donors (Lipinski definition) is 2. The molecular weight excluding hydrogens is 340 g/mol. The largest absolute Gasteiger partial charge is 0.490 e. The molecule has 130 valence electrons. The van der Waals surface area contributed by atoms with Gasteiger partial charge in [0.05, 0.1) is 7.11 Å². The third-order valence-electron chi connectivity index (χ3n) is 4.10. The van der Waals surface area contributed by atoms with Crippen molar-refractivity contribution in [2.75, 3.05) is 30.4 Å². The molecule has 1 saturated heterocycles. The lowest BCUT2D eigenvalue weighted by atomic mass is 10.1. The number of benzene rings is 1. The smallest absolute Gasteiger partial charge is 0.236 e. The highest BCUT2D eigenvalue weighted by molar-refractivity contribution is 6.30. The standard InChI is InChI=1S/C17H19ClN6O/c1-25-15-16(21-13-4-2-11(18)3-5-13)22-14(10-19)23-17(15)24-8-6-12(20)7-9-24/h2-5,12H,6-9,20H2,1H3,(H,21,22,23). The lowest BCUT2D eigenvalue weighted by Crippen LogP contribution is -2.40. The fourth-order valence-corrected chi connectivity index (χ4v) is 2.88. The van der Waals surface area contributed by atoms with Crippen LogP contribution in [0.1, 0.15) is 18.7 Å². The molecule has 0 aliphatic carbocycles. The lowest BCUT2D eigenvalue weighted by molar-refractivity contribution is 0.408. The quantitative estimate of drug-likeness (QED) is 0.866.